The topological polar surface area (TPSA) is 35.5 Å². The molecule has 0 aliphatic heterocycles. The number of hydrogen-bond acceptors (Lipinski definition) is 3. The largest absolute Gasteiger partial charge is 0.489 e. The van der Waals surface area contributed by atoms with Crippen LogP contribution >= 0.6 is 0 Å². The highest BCUT2D eigenvalue weighted by molar-refractivity contribution is 5.76. The Kier molecular flexibility index (Phi) is 5.12. The fourth-order valence-corrected chi connectivity index (χ4v) is 2.90. The lowest BCUT2D eigenvalue weighted by atomic mass is 10.1. The summed E-state index contributed by atoms with van der Waals surface area (Å²) in [5.74, 6) is 1.28. The van der Waals surface area contributed by atoms with Crippen molar-refractivity contribution in [1.82, 2.24) is 0 Å². The first-order valence-corrected chi connectivity index (χ1v) is 8.89. The van der Waals surface area contributed by atoms with E-state index in [9.17, 15) is 4.79 Å². The number of ether oxygens (including phenoxy) is 2. The normalized spacial score (nSPS) is 19.3. The van der Waals surface area contributed by atoms with Crippen molar-refractivity contribution in [2.75, 3.05) is 0 Å². The van der Waals surface area contributed by atoms with Gasteiger partial charge in [0.05, 0.1) is 5.92 Å². The summed E-state index contributed by atoms with van der Waals surface area (Å²) in [5, 5.41) is 0. The number of esters is 1. The van der Waals surface area contributed by atoms with Gasteiger partial charge in [0.2, 0.25) is 0 Å². The van der Waals surface area contributed by atoms with E-state index in [1.54, 1.807) is 0 Å². The number of carbonyl (C=O) groups excluding carboxylic acids is 1. The molecule has 3 rings (SSSR count). The highest BCUT2D eigenvalue weighted by atomic mass is 16.6. The van der Waals surface area contributed by atoms with Gasteiger partial charge in [-0.2, -0.15) is 0 Å². The maximum atomic E-state index is 12.1. The molecule has 2 unspecified atom stereocenters. The first-order valence-electron chi connectivity index (χ1n) is 8.89. The summed E-state index contributed by atoms with van der Waals surface area (Å²) >= 11 is 0. The zero-order valence-electron chi connectivity index (χ0n) is 15.2. The molecule has 2 aromatic rings. The summed E-state index contributed by atoms with van der Waals surface area (Å²) in [4.78, 5) is 12.1. The molecule has 3 nitrogen and oxygen atoms in total. The molecule has 132 valence electrons. The van der Waals surface area contributed by atoms with Crippen molar-refractivity contribution in [2.24, 2.45) is 11.8 Å². The molecule has 3 heteroatoms. The molecule has 1 aliphatic carbocycles. The van der Waals surface area contributed by atoms with E-state index in [1.165, 1.54) is 5.56 Å². The molecule has 0 spiro atoms. The molecule has 1 fully saturated rings. The minimum absolute atomic E-state index is 0.0553. The molecular formula is C22H26O3. The van der Waals surface area contributed by atoms with Crippen LogP contribution in [0.25, 0.3) is 0 Å². The Hall–Kier alpha value is -2.29. The second kappa shape index (κ2) is 7.30. The van der Waals surface area contributed by atoms with Crippen molar-refractivity contribution in [2.45, 2.75) is 45.8 Å². The Balaban J connectivity index is 1.46. The van der Waals surface area contributed by atoms with E-state index in [1.807, 2.05) is 51.1 Å². The molecule has 1 saturated carbocycles. The van der Waals surface area contributed by atoms with E-state index in [0.717, 1.165) is 24.2 Å². The number of hydrogen-bond donors (Lipinski definition) is 0. The van der Waals surface area contributed by atoms with Crippen LogP contribution < -0.4 is 4.74 Å². The summed E-state index contributed by atoms with van der Waals surface area (Å²) in [6.45, 7) is 6.31. The molecule has 2 aromatic carbocycles. The molecule has 0 N–H and O–H groups in total. The smallest absolute Gasteiger partial charge is 0.309 e. The van der Waals surface area contributed by atoms with Gasteiger partial charge in [-0.15, -0.1) is 0 Å². The second-order valence-electron chi connectivity index (χ2n) is 7.76. The minimum Gasteiger partial charge on any atom is -0.489 e. The minimum atomic E-state index is -0.401. The monoisotopic (exact) mass is 338 g/mol. The van der Waals surface area contributed by atoms with E-state index < -0.39 is 5.60 Å². The van der Waals surface area contributed by atoms with Crippen LogP contribution in [0.4, 0.5) is 0 Å². The van der Waals surface area contributed by atoms with Gasteiger partial charge < -0.3 is 9.47 Å². The maximum Gasteiger partial charge on any atom is 0.309 e. The lowest BCUT2D eigenvalue weighted by molar-refractivity contribution is -0.156. The molecule has 0 amide bonds. The quantitative estimate of drug-likeness (QED) is 0.711. The third kappa shape index (κ3) is 5.35. The van der Waals surface area contributed by atoms with Gasteiger partial charge in [0.15, 0.2) is 0 Å². The van der Waals surface area contributed by atoms with Crippen molar-refractivity contribution in [3.8, 4) is 5.75 Å². The summed E-state index contributed by atoms with van der Waals surface area (Å²) in [7, 11) is 0. The maximum absolute atomic E-state index is 12.1. The predicted octanol–water partition coefficient (Wildman–Crippen LogP) is 4.79. The molecular weight excluding hydrogens is 312 g/mol. The van der Waals surface area contributed by atoms with Crippen LogP contribution in [0.2, 0.25) is 0 Å². The zero-order valence-corrected chi connectivity index (χ0v) is 15.2. The summed E-state index contributed by atoms with van der Waals surface area (Å²) in [5.41, 5.74) is 2.00. The van der Waals surface area contributed by atoms with E-state index >= 15 is 0 Å². The molecule has 1 aliphatic rings. The molecule has 0 saturated heterocycles. The van der Waals surface area contributed by atoms with Crippen molar-refractivity contribution in [3.05, 3.63) is 65.7 Å². The highest BCUT2D eigenvalue weighted by Crippen LogP contribution is 2.42. The lowest BCUT2D eigenvalue weighted by Gasteiger charge is -2.19. The van der Waals surface area contributed by atoms with E-state index in [4.69, 9.17) is 9.47 Å². The Labute approximate surface area is 150 Å². The zero-order chi connectivity index (χ0) is 17.9. The van der Waals surface area contributed by atoms with Gasteiger partial charge in [-0.25, -0.2) is 0 Å². The molecule has 0 radical (unpaired) electrons. The van der Waals surface area contributed by atoms with E-state index in [-0.39, 0.29) is 11.9 Å². The Morgan fingerprint density at radius 3 is 2.32 bits per heavy atom. The van der Waals surface area contributed by atoms with E-state index in [0.29, 0.717) is 12.5 Å². The Bertz CT molecular complexity index is 698. The molecule has 2 atom stereocenters. The standard InChI is InChI=1S/C22H26O3/c1-22(2,3)25-21(23)20-14-18(20)13-16-9-11-19(12-10-16)24-15-17-7-5-4-6-8-17/h4-12,18,20H,13-15H2,1-3H3. The summed E-state index contributed by atoms with van der Waals surface area (Å²) in [6.07, 6.45) is 1.85. The summed E-state index contributed by atoms with van der Waals surface area (Å²) in [6, 6.07) is 18.3. The van der Waals surface area contributed by atoms with E-state index in [2.05, 4.69) is 24.3 Å². The van der Waals surface area contributed by atoms with Gasteiger partial charge in [0, 0.05) is 0 Å². The number of benzene rings is 2. The molecule has 25 heavy (non-hydrogen) atoms. The van der Waals surface area contributed by atoms with Crippen LogP contribution in [0.3, 0.4) is 0 Å². The van der Waals surface area contributed by atoms with Gasteiger partial charge in [-0.3, -0.25) is 4.79 Å². The fraction of sp³-hybridized carbons (Fsp3) is 0.409. The van der Waals surface area contributed by atoms with Gasteiger partial charge in [-0.1, -0.05) is 42.5 Å². The molecule has 0 aromatic heterocycles. The Morgan fingerprint density at radius 1 is 1.00 bits per heavy atom. The average Bonchev–Trinajstić information content (AvgIpc) is 3.33. The third-order valence-electron chi connectivity index (χ3n) is 4.30. The van der Waals surface area contributed by atoms with Crippen LogP contribution in [0.15, 0.2) is 54.6 Å². The van der Waals surface area contributed by atoms with Crippen LogP contribution in [0.1, 0.15) is 38.3 Å². The average molecular weight is 338 g/mol. The Morgan fingerprint density at radius 2 is 1.68 bits per heavy atom. The third-order valence-corrected chi connectivity index (χ3v) is 4.30. The first kappa shape index (κ1) is 17.5. The van der Waals surface area contributed by atoms with Gasteiger partial charge in [0.1, 0.15) is 18.0 Å². The number of rotatable bonds is 6. The van der Waals surface area contributed by atoms with Crippen LogP contribution in [-0.4, -0.2) is 11.6 Å². The van der Waals surface area contributed by atoms with Crippen molar-refractivity contribution in [1.29, 1.82) is 0 Å². The second-order valence-corrected chi connectivity index (χ2v) is 7.76. The van der Waals surface area contributed by atoms with Crippen molar-refractivity contribution < 1.29 is 14.3 Å². The predicted molar refractivity (Wildman–Crippen MR) is 98.4 cm³/mol. The molecule has 0 bridgehead atoms. The van der Waals surface area contributed by atoms with Gasteiger partial charge in [0.25, 0.3) is 0 Å². The van der Waals surface area contributed by atoms with Crippen LogP contribution in [-0.2, 0) is 22.6 Å². The highest BCUT2D eigenvalue weighted by Gasteiger charge is 2.44. The summed E-state index contributed by atoms with van der Waals surface area (Å²) < 4.78 is 11.3. The fourth-order valence-electron chi connectivity index (χ4n) is 2.90. The van der Waals surface area contributed by atoms with Crippen LogP contribution in [0, 0.1) is 11.8 Å². The van der Waals surface area contributed by atoms with Crippen molar-refractivity contribution >= 4 is 5.97 Å². The van der Waals surface area contributed by atoms with Crippen LogP contribution in [0.5, 0.6) is 5.75 Å². The van der Waals surface area contributed by atoms with Gasteiger partial charge >= 0.3 is 5.97 Å². The SMILES string of the molecule is CC(C)(C)OC(=O)C1CC1Cc1ccc(OCc2ccccc2)cc1. The lowest BCUT2D eigenvalue weighted by Crippen LogP contribution is -2.25. The number of carbonyl (C=O) groups is 1. The molecule has 0 heterocycles. The first-order chi connectivity index (χ1) is 11.9. The van der Waals surface area contributed by atoms with Crippen molar-refractivity contribution in [3.63, 3.8) is 0 Å². The van der Waals surface area contributed by atoms with Gasteiger partial charge in [-0.05, 0) is 62.8 Å².